The maximum absolute atomic E-state index is 12.4. The van der Waals surface area contributed by atoms with Gasteiger partial charge in [-0.05, 0) is 37.5 Å². The average Bonchev–Trinajstić information content (AvgIpc) is 2.83. The summed E-state index contributed by atoms with van der Waals surface area (Å²) in [5.74, 6) is -0.501. The van der Waals surface area contributed by atoms with Crippen LogP contribution in [0.4, 0.5) is 0 Å². The van der Waals surface area contributed by atoms with Crippen molar-refractivity contribution in [3.05, 3.63) is 35.4 Å². The van der Waals surface area contributed by atoms with Crippen molar-refractivity contribution in [2.24, 2.45) is 0 Å². The topological polar surface area (TPSA) is 44.8 Å². The fourth-order valence-electron chi connectivity index (χ4n) is 2.46. The lowest BCUT2D eigenvalue weighted by Crippen LogP contribution is -2.40. The van der Waals surface area contributed by atoms with E-state index in [4.69, 9.17) is 13.9 Å². The second-order valence-electron chi connectivity index (χ2n) is 8.82. The summed E-state index contributed by atoms with van der Waals surface area (Å²) in [7, 11) is -1.76. The molecule has 0 bridgehead atoms. The maximum Gasteiger partial charge on any atom is 0.192 e. The van der Waals surface area contributed by atoms with Gasteiger partial charge in [0, 0.05) is 12.0 Å². The minimum Gasteiger partial charge on any atom is -0.413 e. The zero-order valence-electron chi connectivity index (χ0n) is 16.6. The fourth-order valence-corrected chi connectivity index (χ4v) is 3.42. The van der Waals surface area contributed by atoms with E-state index in [1.165, 1.54) is 0 Å². The molecule has 1 atom stereocenters. The van der Waals surface area contributed by atoms with Gasteiger partial charge >= 0.3 is 0 Å². The Hall–Kier alpha value is -1.01. The first-order valence-electron chi connectivity index (χ1n) is 8.97. The third kappa shape index (κ3) is 5.48. The lowest BCUT2D eigenvalue weighted by molar-refractivity contribution is -0.137. The van der Waals surface area contributed by atoms with Gasteiger partial charge in [-0.1, -0.05) is 45.0 Å². The summed E-state index contributed by atoms with van der Waals surface area (Å²) >= 11 is 0. The standard InChI is InChI=1S/C20H32O4Si/c1-19(2,3)25(6,7)23-13-15-8-10-16(11-9-15)18(21)12-17-14-22-20(4,5)24-17/h8-11,17H,12-14H2,1-7H3/t17-/m1/s1. The molecule has 1 aromatic carbocycles. The van der Waals surface area contributed by atoms with Crippen LogP contribution in [0.15, 0.2) is 24.3 Å². The summed E-state index contributed by atoms with van der Waals surface area (Å²) in [5.41, 5.74) is 1.81. The van der Waals surface area contributed by atoms with Crippen molar-refractivity contribution in [3.63, 3.8) is 0 Å². The molecule has 140 valence electrons. The number of carbonyl (C=O) groups is 1. The third-order valence-electron chi connectivity index (χ3n) is 5.16. The molecule has 0 amide bonds. The van der Waals surface area contributed by atoms with E-state index in [1.54, 1.807) is 0 Å². The fraction of sp³-hybridized carbons (Fsp3) is 0.650. The summed E-state index contributed by atoms with van der Waals surface area (Å²) in [6.07, 6.45) is 0.188. The largest absolute Gasteiger partial charge is 0.413 e. The van der Waals surface area contributed by atoms with Gasteiger partial charge in [-0.25, -0.2) is 0 Å². The van der Waals surface area contributed by atoms with Gasteiger partial charge in [0.25, 0.3) is 0 Å². The smallest absolute Gasteiger partial charge is 0.192 e. The molecule has 2 rings (SSSR count). The number of Topliss-reactive ketones (excluding diaryl/α,β-unsaturated/α-hetero) is 1. The zero-order chi connectivity index (χ0) is 18.9. The van der Waals surface area contributed by atoms with Crippen LogP contribution in [0.1, 0.15) is 57.0 Å². The molecule has 1 saturated heterocycles. The lowest BCUT2D eigenvalue weighted by Gasteiger charge is -2.36. The molecule has 0 saturated carbocycles. The van der Waals surface area contributed by atoms with Gasteiger partial charge in [-0.15, -0.1) is 0 Å². The van der Waals surface area contributed by atoms with Gasteiger partial charge in [0.15, 0.2) is 19.9 Å². The molecule has 5 heteroatoms. The van der Waals surface area contributed by atoms with Gasteiger partial charge in [0.05, 0.1) is 19.3 Å². The van der Waals surface area contributed by atoms with Crippen molar-refractivity contribution in [3.8, 4) is 0 Å². The van der Waals surface area contributed by atoms with Crippen molar-refractivity contribution < 1.29 is 18.7 Å². The molecule has 0 aromatic heterocycles. The second kappa shape index (κ2) is 7.31. The first kappa shape index (κ1) is 20.3. The van der Waals surface area contributed by atoms with Crippen molar-refractivity contribution >= 4 is 14.1 Å². The number of hydrogen-bond acceptors (Lipinski definition) is 4. The average molecular weight is 365 g/mol. The maximum atomic E-state index is 12.4. The van der Waals surface area contributed by atoms with Crippen LogP contribution in [0.5, 0.6) is 0 Å². The van der Waals surface area contributed by atoms with Gasteiger partial charge < -0.3 is 13.9 Å². The molecule has 1 aliphatic rings. The molecule has 1 aliphatic heterocycles. The molecule has 0 N–H and O–H groups in total. The summed E-state index contributed by atoms with van der Waals surface area (Å²) in [4.78, 5) is 12.4. The number of ketones is 1. The molecule has 25 heavy (non-hydrogen) atoms. The second-order valence-corrected chi connectivity index (χ2v) is 13.6. The molecule has 0 aliphatic carbocycles. The Morgan fingerprint density at radius 3 is 2.32 bits per heavy atom. The first-order valence-corrected chi connectivity index (χ1v) is 11.9. The van der Waals surface area contributed by atoms with E-state index in [-0.39, 0.29) is 16.9 Å². The quantitative estimate of drug-likeness (QED) is 0.530. The summed E-state index contributed by atoms with van der Waals surface area (Å²) in [6, 6.07) is 7.73. The molecule has 4 nitrogen and oxygen atoms in total. The van der Waals surface area contributed by atoms with E-state index in [9.17, 15) is 4.79 Å². The van der Waals surface area contributed by atoms with Crippen LogP contribution in [0, 0.1) is 0 Å². The van der Waals surface area contributed by atoms with Crippen LogP contribution in [0.2, 0.25) is 18.1 Å². The molecular formula is C20H32O4Si. The molecule has 1 fully saturated rings. The van der Waals surface area contributed by atoms with Gasteiger partial charge in [-0.2, -0.15) is 0 Å². The summed E-state index contributed by atoms with van der Waals surface area (Å²) < 4.78 is 17.5. The Labute approximate surface area is 153 Å². The molecule has 1 heterocycles. The van der Waals surface area contributed by atoms with Crippen LogP contribution in [-0.2, 0) is 20.5 Å². The highest BCUT2D eigenvalue weighted by atomic mass is 28.4. The lowest BCUT2D eigenvalue weighted by atomic mass is 10.0. The Morgan fingerprint density at radius 2 is 1.84 bits per heavy atom. The number of carbonyl (C=O) groups excluding carboxylic acids is 1. The molecule has 0 radical (unpaired) electrons. The van der Waals surface area contributed by atoms with Crippen LogP contribution < -0.4 is 0 Å². The summed E-state index contributed by atoms with van der Waals surface area (Å²) in [5, 5.41) is 0.194. The molecule has 1 aromatic rings. The van der Waals surface area contributed by atoms with Crippen molar-refractivity contribution in [2.45, 2.75) is 77.7 Å². The van der Waals surface area contributed by atoms with E-state index in [0.717, 1.165) is 5.56 Å². The van der Waals surface area contributed by atoms with Crippen LogP contribution >= 0.6 is 0 Å². The van der Waals surface area contributed by atoms with E-state index in [1.807, 2.05) is 38.1 Å². The normalized spacial score (nSPS) is 20.7. The number of rotatable bonds is 6. The highest BCUT2D eigenvalue weighted by Gasteiger charge is 2.37. The highest BCUT2D eigenvalue weighted by Crippen LogP contribution is 2.37. The van der Waals surface area contributed by atoms with Gasteiger partial charge in [0.2, 0.25) is 0 Å². The number of benzene rings is 1. The van der Waals surface area contributed by atoms with Gasteiger partial charge in [-0.3, -0.25) is 4.79 Å². The van der Waals surface area contributed by atoms with E-state index in [0.29, 0.717) is 25.2 Å². The van der Waals surface area contributed by atoms with Crippen molar-refractivity contribution in [1.29, 1.82) is 0 Å². The molecule has 0 spiro atoms. The van der Waals surface area contributed by atoms with E-state index < -0.39 is 14.1 Å². The Morgan fingerprint density at radius 1 is 1.24 bits per heavy atom. The molecular weight excluding hydrogens is 332 g/mol. The SMILES string of the molecule is CC1(C)OC[C@@H](CC(=O)c2ccc(CO[Si](C)(C)C(C)(C)C)cc2)O1. The number of ether oxygens (including phenoxy) is 2. The first-order chi connectivity index (χ1) is 11.4. The third-order valence-corrected chi connectivity index (χ3v) is 9.64. The Balaban J connectivity index is 1.90. The molecule has 0 unspecified atom stereocenters. The zero-order valence-corrected chi connectivity index (χ0v) is 17.6. The summed E-state index contributed by atoms with van der Waals surface area (Å²) in [6.45, 7) is 16.0. The predicted octanol–water partition coefficient (Wildman–Crippen LogP) is 4.93. The predicted molar refractivity (Wildman–Crippen MR) is 102 cm³/mol. The monoisotopic (exact) mass is 364 g/mol. The van der Waals surface area contributed by atoms with Crippen LogP contribution in [0.25, 0.3) is 0 Å². The van der Waals surface area contributed by atoms with E-state index in [2.05, 4.69) is 33.9 Å². The van der Waals surface area contributed by atoms with Gasteiger partial charge in [0.1, 0.15) is 0 Å². The minimum atomic E-state index is -1.76. The van der Waals surface area contributed by atoms with Crippen molar-refractivity contribution in [2.75, 3.05) is 6.61 Å². The highest BCUT2D eigenvalue weighted by molar-refractivity contribution is 6.74. The Bertz CT molecular complexity index is 599. The number of hydrogen-bond donors (Lipinski definition) is 0. The minimum absolute atomic E-state index is 0.0863. The van der Waals surface area contributed by atoms with Crippen LogP contribution in [-0.4, -0.2) is 32.6 Å². The van der Waals surface area contributed by atoms with Crippen LogP contribution in [0.3, 0.4) is 0 Å². The van der Waals surface area contributed by atoms with E-state index >= 15 is 0 Å². The van der Waals surface area contributed by atoms with Crippen molar-refractivity contribution in [1.82, 2.24) is 0 Å². The Kier molecular flexibility index (Phi) is 5.94.